The minimum absolute atomic E-state index is 0.223. The Kier molecular flexibility index (Phi) is 13.4. The number of fused-ring (bicyclic) bond motifs is 16. The number of anilines is 3. The molecule has 21 rings (SSSR count). The number of thiophene rings is 1. The van der Waals surface area contributed by atoms with Gasteiger partial charge in [-0.2, -0.15) is 0 Å². The molecule has 0 atom stereocenters. The highest BCUT2D eigenvalue weighted by Crippen LogP contribution is 2.51. The Labute approximate surface area is 612 Å². The van der Waals surface area contributed by atoms with E-state index in [2.05, 4.69) is 370 Å². The predicted molar refractivity (Wildman–Crippen MR) is 443 cm³/mol. The van der Waals surface area contributed by atoms with Crippen molar-refractivity contribution in [1.29, 1.82) is 0 Å². The van der Waals surface area contributed by atoms with Crippen LogP contribution >= 0.6 is 11.3 Å². The summed E-state index contributed by atoms with van der Waals surface area (Å²) in [4.78, 5) is 14.4. The van der Waals surface area contributed by atoms with Crippen LogP contribution in [-0.4, -0.2) is 30.4 Å². The fraction of sp³-hybridized carbons (Fsp3) is 0.0833. The maximum absolute atomic E-state index is 7.62. The van der Waals surface area contributed by atoms with Crippen molar-refractivity contribution in [1.82, 2.24) is 23.7 Å². The normalized spacial score (nSPS) is 12.9. The van der Waals surface area contributed by atoms with E-state index in [0.29, 0.717) is 0 Å². The van der Waals surface area contributed by atoms with Crippen molar-refractivity contribution in [3.8, 4) is 73.6 Å². The van der Waals surface area contributed by atoms with E-state index in [4.69, 9.17) is 14.7 Å². The van der Waals surface area contributed by atoms with Crippen LogP contribution in [0.25, 0.3) is 148 Å². The fourth-order valence-corrected chi connectivity index (χ4v) is 18.3. The first kappa shape index (κ1) is 61.1. The average molecular weight is 1370 g/mol. The zero-order valence-corrected chi connectivity index (χ0v) is 59.8. The summed E-state index contributed by atoms with van der Waals surface area (Å²) in [5.41, 5.74) is 24.4. The quantitative estimate of drug-likeness (QED) is 0.142. The Hall–Kier alpha value is -12.6. The molecule has 0 fully saturated rings. The topological polar surface area (TPSA) is 53.0 Å². The molecule has 6 aromatic heterocycles. The largest absolute Gasteiger partial charge is 0.458 e. The Bertz CT molecular complexity index is 6700. The summed E-state index contributed by atoms with van der Waals surface area (Å²) in [6, 6.07) is 114. The van der Waals surface area contributed by atoms with Crippen molar-refractivity contribution < 1.29 is 4.74 Å². The van der Waals surface area contributed by atoms with Gasteiger partial charge in [0.05, 0.1) is 55.9 Å². The first-order valence-electron chi connectivity index (χ1n) is 36.4. The lowest BCUT2D eigenvalue weighted by atomic mass is 9.34. The van der Waals surface area contributed by atoms with Gasteiger partial charge >= 0.3 is 0 Å². The maximum atomic E-state index is 7.62. The van der Waals surface area contributed by atoms with Gasteiger partial charge in [0, 0.05) is 86.6 Å². The molecule has 0 radical (unpaired) electrons. The standard InChI is InChI=1S/C96H69BN6OS/c1-95(2,3)62-50-77(98-91(53-62)101-81-40-21-15-32-69(81)70-33-16-22-41-82(70)101)60-44-46-84-75(48-60)97-76-49-61(45-47-87(76)104-88-52-63(96(4,5)6)51-86(93(88)97)103(84)94-65(58-26-9-7-10-27-58)36-25-37-66(94)59-28-11-8-12-29-59)78-54-64(100-79-38-19-13-30-67(79)68-31-14-20-39-80(68)100)55-92(99-78)102-83-42-23-17-34-71(83)73-57-90-74(56-85(73)102)72-35-18-24-43-89(72)105-90/h7-57H,1-6H3. The number of aromatic nitrogens is 5. The predicted octanol–water partition coefficient (Wildman–Crippen LogP) is 23.8. The molecule has 2 aliphatic heterocycles. The molecule has 0 saturated carbocycles. The van der Waals surface area contributed by atoms with Crippen LogP contribution in [0, 0.1) is 0 Å². The van der Waals surface area contributed by atoms with Gasteiger partial charge in [0.2, 0.25) is 0 Å². The second kappa shape index (κ2) is 23.0. The third-order valence-corrected chi connectivity index (χ3v) is 23.3. The number of pyridine rings is 2. The average Bonchev–Trinajstić information content (AvgIpc) is 1.61. The zero-order valence-electron chi connectivity index (χ0n) is 59.0. The molecule has 105 heavy (non-hydrogen) atoms. The molecule has 0 N–H and O–H groups in total. The lowest BCUT2D eigenvalue weighted by molar-refractivity contribution is 0.483. The molecule has 2 aliphatic rings. The van der Waals surface area contributed by atoms with Gasteiger partial charge in [0.15, 0.2) is 0 Å². The minimum atomic E-state index is -0.328. The molecule has 19 aromatic rings. The van der Waals surface area contributed by atoms with E-state index < -0.39 is 0 Å². The van der Waals surface area contributed by atoms with Gasteiger partial charge in [0.1, 0.15) is 23.1 Å². The number of hydrogen-bond donors (Lipinski definition) is 0. The number of para-hydroxylation sites is 6. The van der Waals surface area contributed by atoms with Crippen molar-refractivity contribution in [2.45, 2.75) is 52.4 Å². The van der Waals surface area contributed by atoms with Crippen LogP contribution in [0.1, 0.15) is 52.7 Å². The van der Waals surface area contributed by atoms with Crippen molar-refractivity contribution in [2.75, 3.05) is 4.90 Å². The third kappa shape index (κ3) is 9.50. The van der Waals surface area contributed by atoms with Crippen molar-refractivity contribution in [3.05, 3.63) is 321 Å². The highest BCUT2D eigenvalue weighted by molar-refractivity contribution is 7.25. The van der Waals surface area contributed by atoms with Crippen molar-refractivity contribution >= 4 is 137 Å². The maximum Gasteiger partial charge on any atom is 0.256 e. The molecule has 13 aromatic carbocycles. The number of benzene rings is 13. The smallest absolute Gasteiger partial charge is 0.256 e. The lowest BCUT2D eigenvalue weighted by Gasteiger charge is -2.42. The molecule has 0 unspecified atom stereocenters. The third-order valence-electron chi connectivity index (χ3n) is 22.2. The van der Waals surface area contributed by atoms with E-state index in [-0.39, 0.29) is 17.5 Å². The van der Waals surface area contributed by atoms with Gasteiger partial charge in [0.25, 0.3) is 6.71 Å². The van der Waals surface area contributed by atoms with Gasteiger partial charge in [-0.3, -0.25) is 9.13 Å². The number of nitrogens with zero attached hydrogens (tertiary/aromatic N) is 6. The highest BCUT2D eigenvalue weighted by Gasteiger charge is 2.44. The minimum Gasteiger partial charge on any atom is -0.458 e. The second-order valence-corrected chi connectivity index (χ2v) is 31.5. The molecule has 0 aliphatic carbocycles. The van der Waals surface area contributed by atoms with E-state index in [1.807, 2.05) is 11.3 Å². The molecule has 0 bridgehead atoms. The lowest BCUT2D eigenvalue weighted by Crippen LogP contribution is -2.59. The summed E-state index contributed by atoms with van der Waals surface area (Å²) in [7, 11) is 0. The molecule has 0 spiro atoms. The first-order valence-corrected chi connectivity index (χ1v) is 37.2. The van der Waals surface area contributed by atoms with E-state index in [0.717, 1.165) is 140 Å². The van der Waals surface area contributed by atoms with Crippen LogP contribution in [-0.2, 0) is 10.8 Å². The molecule has 7 nitrogen and oxygen atoms in total. The first-order chi connectivity index (χ1) is 51.3. The SMILES string of the molecule is CC(C)(C)c1cc(-c2ccc3c(c2)B2c4cc(-c5cc(-n6c7ccccc7c7ccccc76)cc(-n6c7ccccc7c7cc8sc9ccccc9c8cc76)n5)ccc4Oc4cc(C(C)(C)C)cc(c42)N3c2c(-c3ccccc3)cccc2-c2ccccc2)nc(-n2c3ccccc3c3ccccc32)c1. The summed E-state index contributed by atoms with van der Waals surface area (Å²) in [6.07, 6.45) is 0. The van der Waals surface area contributed by atoms with E-state index in [1.54, 1.807) is 0 Å². The number of ether oxygens (including phenoxy) is 1. The Morgan fingerprint density at radius 2 is 0.810 bits per heavy atom. The van der Waals surface area contributed by atoms with Crippen molar-refractivity contribution in [3.63, 3.8) is 0 Å². The summed E-state index contributed by atoms with van der Waals surface area (Å²) in [5, 5.41) is 9.67. The molecular weight excluding hydrogens is 1300 g/mol. The summed E-state index contributed by atoms with van der Waals surface area (Å²) in [6.45, 7) is 13.5. The van der Waals surface area contributed by atoms with E-state index >= 15 is 0 Å². The monoisotopic (exact) mass is 1360 g/mol. The summed E-state index contributed by atoms with van der Waals surface area (Å²) >= 11 is 1.86. The molecule has 0 amide bonds. The fourth-order valence-electron chi connectivity index (χ4n) is 17.1. The highest BCUT2D eigenvalue weighted by atomic mass is 32.1. The van der Waals surface area contributed by atoms with Crippen LogP contribution in [0.3, 0.4) is 0 Å². The Balaban J connectivity index is 0.842. The summed E-state index contributed by atoms with van der Waals surface area (Å²) < 4.78 is 17.4. The van der Waals surface area contributed by atoms with E-state index in [1.165, 1.54) is 63.6 Å². The van der Waals surface area contributed by atoms with Gasteiger partial charge in [-0.05, 0) is 152 Å². The molecular formula is C96H69BN6OS. The zero-order chi connectivity index (χ0) is 70.1. The molecule has 498 valence electrons. The van der Waals surface area contributed by atoms with Gasteiger partial charge in [-0.1, -0.05) is 248 Å². The number of rotatable bonds is 8. The van der Waals surface area contributed by atoms with E-state index in [9.17, 15) is 0 Å². The van der Waals surface area contributed by atoms with Crippen LogP contribution in [0.5, 0.6) is 11.5 Å². The van der Waals surface area contributed by atoms with Crippen molar-refractivity contribution in [2.24, 2.45) is 0 Å². The van der Waals surface area contributed by atoms with Crippen LogP contribution in [0.4, 0.5) is 17.1 Å². The van der Waals surface area contributed by atoms with Gasteiger partial charge in [-0.25, -0.2) is 9.97 Å². The molecule has 0 saturated heterocycles. The van der Waals surface area contributed by atoms with Crippen LogP contribution in [0.2, 0.25) is 0 Å². The summed E-state index contributed by atoms with van der Waals surface area (Å²) in [5.74, 6) is 3.36. The van der Waals surface area contributed by atoms with Crippen LogP contribution < -0.4 is 26.0 Å². The Morgan fingerprint density at radius 1 is 0.324 bits per heavy atom. The number of hydrogen-bond acceptors (Lipinski definition) is 5. The van der Waals surface area contributed by atoms with Crippen LogP contribution in [0.15, 0.2) is 309 Å². The second-order valence-electron chi connectivity index (χ2n) is 30.5. The van der Waals surface area contributed by atoms with Gasteiger partial charge in [-0.15, -0.1) is 11.3 Å². The molecule has 8 heterocycles. The Morgan fingerprint density at radius 3 is 1.40 bits per heavy atom. The van der Waals surface area contributed by atoms with Gasteiger partial charge < -0.3 is 14.2 Å². The molecule has 9 heteroatoms.